The lowest BCUT2D eigenvalue weighted by atomic mass is 10.0. The lowest BCUT2D eigenvalue weighted by molar-refractivity contribution is -0.136. The number of piperidine rings is 1. The minimum atomic E-state index is -0.579. The highest BCUT2D eigenvalue weighted by atomic mass is 16.2. The first kappa shape index (κ1) is 21.2. The number of benzene rings is 2. The van der Waals surface area contributed by atoms with Crippen LogP contribution in [0, 0.1) is 0 Å². The van der Waals surface area contributed by atoms with E-state index in [2.05, 4.69) is 40.2 Å². The normalized spacial score (nSPS) is 19.3. The molecule has 3 amide bonds. The number of hydrogen-bond donors (Lipinski definition) is 3. The van der Waals surface area contributed by atoms with Crippen LogP contribution in [0.3, 0.4) is 0 Å². The van der Waals surface area contributed by atoms with E-state index in [1.807, 2.05) is 31.3 Å². The molecule has 162 valence electrons. The summed E-state index contributed by atoms with van der Waals surface area (Å²) in [5.41, 5.74) is 3.97. The van der Waals surface area contributed by atoms with Crippen molar-refractivity contribution in [2.75, 3.05) is 13.6 Å². The molecule has 4 rings (SSSR count). The second-order valence-corrected chi connectivity index (χ2v) is 8.22. The molecule has 31 heavy (non-hydrogen) atoms. The van der Waals surface area contributed by atoms with Crippen molar-refractivity contribution in [3.63, 3.8) is 0 Å². The number of fused-ring (bicyclic) bond motifs is 1. The summed E-state index contributed by atoms with van der Waals surface area (Å²) in [4.78, 5) is 38.0. The van der Waals surface area contributed by atoms with Gasteiger partial charge in [-0.2, -0.15) is 0 Å². The number of carbonyl (C=O) groups excluding carboxylic acids is 3. The van der Waals surface area contributed by atoms with Crippen molar-refractivity contribution in [1.29, 1.82) is 0 Å². The van der Waals surface area contributed by atoms with Crippen molar-refractivity contribution in [2.24, 2.45) is 0 Å². The van der Waals surface area contributed by atoms with Gasteiger partial charge in [-0.3, -0.25) is 19.7 Å². The van der Waals surface area contributed by atoms with Crippen molar-refractivity contribution in [1.82, 2.24) is 20.9 Å². The van der Waals surface area contributed by atoms with Crippen LogP contribution in [0.15, 0.2) is 48.5 Å². The van der Waals surface area contributed by atoms with E-state index >= 15 is 0 Å². The number of nitrogens with one attached hydrogen (secondary N) is 3. The van der Waals surface area contributed by atoms with Crippen molar-refractivity contribution < 1.29 is 14.4 Å². The fourth-order valence-corrected chi connectivity index (χ4v) is 4.36. The summed E-state index contributed by atoms with van der Waals surface area (Å²) in [6, 6.07) is 16.0. The van der Waals surface area contributed by atoms with Gasteiger partial charge in [0.25, 0.3) is 5.91 Å². The van der Waals surface area contributed by atoms with E-state index < -0.39 is 6.04 Å². The van der Waals surface area contributed by atoms with Gasteiger partial charge in [0, 0.05) is 37.7 Å². The van der Waals surface area contributed by atoms with Crippen LogP contribution in [0.1, 0.15) is 39.9 Å². The van der Waals surface area contributed by atoms with E-state index in [0.717, 1.165) is 24.1 Å². The second-order valence-electron chi connectivity index (χ2n) is 8.22. The summed E-state index contributed by atoms with van der Waals surface area (Å²) in [7, 11) is 1.95. The van der Waals surface area contributed by atoms with Gasteiger partial charge in [-0.05, 0) is 42.6 Å². The van der Waals surface area contributed by atoms with Crippen LogP contribution < -0.4 is 16.0 Å². The summed E-state index contributed by atoms with van der Waals surface area (Å²) >= 11 is 0. The van der Waals surface area contributed by atoms with Crippen molar-refractivity contribution in [3.8, 4) is 0 Å². The molecule has 2 aromatic rings. The number of rotatable bonds is 8. The van der Waals surface area contributed by atoms with Crippen LogP contribution in [0.4, 0.5) is 0 Å². The zero-order chi connectivity index (χ0) is 21.8. The van der Waals surface area contributed by atoms with Gasteiger partial charge in [-0.25, -0.2) is 0 Å². The molecule has 2 atom stereocenters. The first-order chi connectivity index (χ1) is 15.0. The molecule has 7 nitrogen and oxygen atoms in total. The van der Waals surface area contributed by atoms with Gasteiger partial charge >= 0.3 is 0 Å². The summed E-state index contributed by atoms with van der Waals surface area (Å²) in [6.45, 7) is 1.94. The maximum absolute atomic E-state index is 12.8. The van der Waals surface area contributed by atoms with Crippen LogP contribution in [0.5, 0.6) is 0 Å². The molecular formula is C24H28N4O3. The van der Waals surface area contributed by atoms with Gasteiger partial charge < -0.3 is 15.5 Å². The molecule has 2 heterocycles. The van der Waals surface area contributed by atoms with Crippen molar-refractivity contribution in [3.05, 3.63) is 70.8 Å². The molecule has 3 N–H and O–H groups in total. The van der Waals surface area contributed by atoms with E-state index in [0.29, 0.717) is 25.1 Å². The van der Waals surface area contributed by atoms with E-state index in [1.54, 1.807) is 4.90 Å². The number of imide groups is 1. The summed E-state index contributed by atoms with van der Waals surface area (Å²) in [5, 5.41) is 9.20. The zero-order valence-electron chi connectivity index (χ0n) is 17.7. The third-order valence-corrected chi connectivity index (χ3v) is 5.96. The van der Waals surface area contributed by atoms with E-state index in [1.165, 1.54) is 5.56 Å². The van der Waals surface area contributed by atoms with Gasteiger partial charge in [-0.1, -0.05) is 42.5 Å². The maximum atomic E-state index is 12.8. The molecule has 1 fully saturated rings. The topological polar surface area (TPSA) is 90.5 Å². The monoisotopic (exact) mass is 420 g/mol. The standard InChI is InChI=1S/C24H28N4O3/c1-25-14-19(12-16-5-3-2-4-6-16)26-13-17-7-8-20-18(11-17)15-28(24(20)31)21-9-10-22(29)27-23(21)30/h2-8,11,19,21,25-26H,9-10,12-15H2,1H3,(H,27,29,30). The van der Waals surface area contributed by atoms with Crippen molar-refractivity contribution >= 4 is 17.7 Å². The largest absolute Gasteiger partial charge is 0.322 e. The average Bonchev–Trinajstić information content (AvgIpc) is 3.08. The summed E-state index contributed by atoms with van der Waals surface area (Å²) in [5.74, 6) is -0.790. The number of hydrogen-bond acceptors (Lipinski definition) is 5. The summed E-state index contributed by atoms with van der Waals surface area (Å²) < 4.78 is 0. The van der Waals surface area contributed by atoms with Crippen LogP contribution in [-0.2, 0) is 29.1 Å². The fourth-order valence-electron chi connectivity index (χ4n) is 4.36. The van der Waals surface area contributed by atoms with E-state index in [4.69, 9.17) is 0 Å². The molecular weight excluding hydrogens is 392 g/mol. The first-order valence-corrected chi connectivity index (χ1v) is 10.7. The Balaban J connectivity index is 1.40. The van der Waals surface area contributed by atoms with Crippen LogP contribution in [-0.4, -0.2) is 48.3 Å². The molecule has 0 spiro atoms. The highest BCUT2D eigenvalue weighted by Gasteiger charge is 2.39. The number of likely N-dealkylation sites (N-methyl/N-ethyl adjacent to an activating group) is 1. The minimum absolute atomic E-state index is 0.138. The molecule has 0 bridgehead atoms. The van der Waals surface area contributed by atoms with Crippen LogP contribution >= 0.6 is 0 Å². The molecule has 2 unspecified atom stereocenters. The highest BCUT2D eigenvalue weighted by Crippen LogP contribution is 2.28. The smallest absolute Gasteiger partial charge is 0.255 e. The Morgan fingerprint density at radius 3 is 2.65 bits per heavy atom. The third-order valence-electron chi connectivity index (χ3n) is 5.96. The quantitative estimate of drug-likeness (QED) is 0.561. The van der Waals surface area contributed by atoms with E-state index in [9.17, 15) is 14.4 Å². The zero-order valence-corrected chi connectivity index (χ0v) is 17.7. The highest BCUT2D eigenvalue weighted by molar-refractivity contribution is 6.05. The Labute approximate surface area is 182 Å². The van der Waals surface area contributed by atoms with Gasteiger partial charge in [0.1, 0.15) is 6.04 Å². The molecule has 2 aliphatic heterocycles. The summed E-state index contributed by atoms with van der Waals surface area (Å²) in [6.07, 6.45) is 1.57. The minimum Gasteiger partial charge on any atom is -0.322 e. The lowest BCUT2D eigenvalue weighted by Gasteiger charge is -2.29. The predicted molar refractivity (Wildman–Crippen MR) is 117 cm³/mol. The Kier molecular flexibility index (Phi) is 6.44. The van der Waals surface area contributed by atoms with Gasteiger partial charge in [0.15, 0.2) is 0 Å². The van der Waals surface area contributed by atoms with Gasteiger partial charge in [0.2, 0.25) is 11.8 Å². The third kappa shape index (κ3) is 4.84. The molecule has 0 aliphatic carbocycles. The number of amides is 3. The Hall–Kier alpha value is -3.03. The molecule has 1 saturated heterocycles. The number of carbonyl (C=O) groups is 3. The Morgan fingerprint density at radius 1 is 1.10 bits per heavy atom. The average molecular weight is 421 g/mol. The van der Waals surface area contributed by atoms with E-state index in [-0.39, 0.29) is 30.2 Å². The first-order valence-electron chi connectivity index (χ1n) is 10.7. The van der Waals surface area contributed by atoms with Gasteiger partial charge in [-0.15, -0.1) is 0 Å². The molecule has 2 aromatic carbocycles. The molecule has 2 aliphatic rings. The molecule has 7 heteroatoms. The Morgan fingerprint density at radius 2 is 1.90 bits per heavy atom. The van der Waals surface area contributed by atoms with Crippen molar-refractivity contribution in [2.45, 2.75) is 44.4 Å². The molecule has 0 saturated carbocycles. The molecule has 0 radical (unpaired) electrons. The number of nitrogens with zero attached hydrogens (tertiary/aromatic N) is 1. The lowest BCUT2D eigenvalue weighted by Crippen LogP contribution is -2.52. The second kappa shape index (κ2) is 9.41. The van der Waals surface area contributed by atoms with Crippen LogP contribution in [0.25, 0.3) is 0 Å². The SMILES string of the molecule is CNCC(Cc1ccccc1)NCc1ccc2c(c1)CN(C1CCC(=O)NC1=O)C2=O. The fraction of sp³-hybridized carbons (Fsp3) is 0.375. The van der Waals surface area contributed by atoms with Gasteiger partial charge in [0.05, 0.1) is 0 Å². The maximum Gasteiger partial charge on any atom is 0.255 e. The predicted octanol–water partition coefficient (Wildman–Crippen LogP) is 1.37. The van der Waals surface area contributed by atoms with Crippen LogP contribution in [0.2, 0.25) is 0 Å². The molecule has 0 aromatic heterocycles. The Bertz CT molecular complexity index is 976.